The van der Waals surface area contributed by atoms with E-state index in [9.17, 15) is 14.4 Å². The fourth-order valence-electron chi connectivity index (χ4n) is 4.13. The van der Waals surface area contributed by atoms with Crippen molar-refractivity contribution >= 4 is 26.9 Å². The van der Waals surface area contributed by atoms with Gasteiger partial charge in [-0.3, -0.25) is 14.4 Å². The van der Waals surface area contributed by atoms with Crippen LogP contribution >= 0.6 is 9.03 Å². The fraction of sp³-hybridized carbons (Fsp3) is 0.875. The molecular weight excluding hydrogens is 926 g/mol. The molecule has 0 saturated heterocycles. The maximum absolute atomic E-state index is 11.4. The van der Waals surface area contributed by atoms with E-state index in [-0.39, 0.29) is 92.9 Å². The Morgan fingerprint density at radius 3 is 1.67 bits per heavy atom. The number of nitrogens with zero attached hydrogens (tertiary/aromatic N) is 1. The topological polar surface area (TPSA) is 267 Å². The van der Waals surface area contributed by atoms with Crippen molar-refractivity contribution in [2.75, 3.05) is 53.3 Å². The van der Waals surface area contributed by atoms with Gasteiger partial charge in [0.25, 0.3) is 0 Å². The second-order valence-corrected chi connectivity index (χ2v) is 19.9. The number of ether oxygens (including phenoxy) is 2. The van der Waals surface area contributed by atoms with Crippen LogP contribution in [0.15, 0.2) is 0 Å². The first-order valence-corrected chi connectivity index (χ1v) is 23.1. The summed E-state index contributed by atoms with van der Waals surface area (Å²) in [6.07, 6.45) is 4.91. The molecule has 0 heterocycles. The van der Waals surface area contributed by atoms with E-state index in [2.05, 4.69) is 108 Å². The van der Waals surface area contributed by atoms with Crippen LogP contribution in [0.1, 0.15) is 173 Å². The summed E-state index contributed by atoms with van der Waals surface area (Å²) in [5.74, 6) is -1.81. The molecule has 0 aliphatic rings. The van der Waals surface area contributed by atoms with Gasteiger partial charge in [-0.2, -0.15) is 18.1 Å². The van der Waals surface area contributed by atoms with Gasteiger partial charge in [0.2, 0.25) is 8.77 Å². The molecule has 0 aromatic carbocycles. The maximum Gasteiger partial charge on any atom is 2.00 e. The molecular formula is C48H107N6NiO11P. The molecule has 5 atom stereocenters. The van der Waals surface area contributed by atoms with Crippen LogP contribution in [0.25, 0.3) is 0 Å². The average molecular weight is 1040 g/mol. The Bertz CT molecular complexity index is 1160. The predicted octanol–water partition coefficient (Wildman–Crippen LogP) is 7.11. The Balaban J connectivity index is -0.0000000993. The summed E-state index contributed by atoms with van der Waals surface area (Å²) in [6, 6.07) is 1.34. The smallest absolute Gasteiger partial charge is 0.480 e. The molecule has 17 nitrogen and oxygen atoms in total. The van der Waals surface area contributed by atoms with Crippen molar-refractivity contribution in [3.8, 4) is 6.07 Å². The molecule has 19 heteroatoms. The van der Waals surface area contributed by atoms with Crippen molar-refractivity contribution in [2.45, 2.75) is 217 Å². The number of carboxylic acids is 1. The van der Waals surface area contributed by atoms with Gasteiger partial charge in [0.05, 0.1) is 76.2 Å². The monoisotopic (exact) mass is 1040 g/mol. The van der Waals surface area contributed by atoms with E-state index >= 15 is 0 Å². The minimum Gasteiger partial charge on any atom is -0.480 e. The van der Waals surface area contributed by atoms with E-state index in [1.54, 1.807) is 0 Å². The molecule has 0 aliphatic carbocycles. The molecule has 0 fully saturated rings. The normalized spacial score (nSPS) is 13.3. The zero-order valence-corrected chi connectivity index (χ0v) is 47.6. The number of nitrogens with one attached hydrogen (secondary N) is 4. The Kier molecular flexibility index (Phi) is 58.0. The summed E-state index contributed by atoms with van der Waals surface area (Å²) in [5, 5.41) is 45.3. The average Bonchev–Trinajstić information content (AvgIpc) is 3.25. The molecule has 10 N–H and O–H groups in total. The first-order chi connectivity index (χ1) is 32.3. The summed E-state index contributed by atoms with van der Waals surface area (Å²) in [5.41, 5.74) is 5.07. The summed E-state index contributed by atoms with van der Waals surface area (Å²) in [4.78, 5) is 32.0. The molecule has 0 rings (SSSR count). The van der Waals surface area contributed by atoms with Gasteiger partial charge in [0, 0.05) is 39.4 Å². The number of nitrogens with two attached hydrogens (primary N) is 1. The van der Waals surface area contributed by atoms with E-state index in [1.165, 1.54) is 28.3 Å². The number of esters is 1. The van der Waals surface area contributed by atoms with Crippen LogP contribution in [0.3, 0.4) is 0 Å². The van der Waals surface area contributed by atoms with Crippen molar-refractivity contribution in [3.05, 3.63) is 13.8 Å². The Morgan fingerprint density at radius 1 is 0.836 bits per heavy atom. The second kappa shape index (κ2) is 52.3. The fourth-order valence-corrected chi connectivity index (χ4v) is 4.66. The van der Waals surface area contributed by atoms with Gasteiger partial charge in [-0.05, 0) is 80.6 Å². The van der Waals surface area contributed by atoms with Crippen molar-refractivity contribution in [1.82, 2.24) is 21.3 Å². The van der Waals surface area contributed by atoms with E-state index in [1.807, 2.05) is 54.5 Å². The number of nitriles is 1. The number of carbonyl (C=O) groups excluding carboxylic acids is 2. The zero-order chi connectivity index (χ0) is 57.0. The van der Waals surface area contributed by atoms with Crippen molar-refractivity contribution < 1.29 is 72.6 Å². The number of aliphatic carboxylic acids is 1. The van der Waals surface area contributed by atoms with Gasteiger partial charge in [0.1, 0.15) is 12.6 Å². The van der Waals surface area contributed by atoms with Gasteiger partial charge in [-0.25, -0.2) is 0 Å². The van der Waals surface area contributed by atoms with Crippen LogP contribution in [0.2, 0.25) is 0 Å². The number of aliphatic hydroxyl groups is 3. The third-order valence-corrected chi connectivity index (χ3v) is 7.33. The molecule has 1 unspecified atom stereocenters. The van der Waals surface area contributed by atoms with Crippen molar-refractivity contribution in [2.24, 2.45) is 11.1 Å². The second-order valence-electron chi connectivity index (χ2n) is 19.2. The van der Waals surface area contributed by atoms with Crippen LogP contribution in [0.4, 0.5) is 0 Å². The van der Waals surface area contributed by atoms with Gasteiger partial charge in [-0.1, -0.05) is 63.3 Å². The summed E-state index contributed by atoms with van der Waals surface area (Å²) >= 11 is 0. The van der Waals surface area contributed by atoms with Gasteiger partial charge >= 0.3 is 28.4 Å². The van der Waals surface area contributed by atoms with Crippen LogP contribution in [-0.2, 0) is 49.4 Å². The van der Waals surface area contributed by atoms with Crippen molar-refractivity contribution in [3.63, 3.8) is 0 Å². The number of amides is 1. The van der Waals surface area contributed by atoms with Gasteiger partial charge < -0.3 is 79.8 Å². The third kappa shape index (κ3) is 84.8. The number of hydrogen-bond acceptors (Lipinski definition) is 15. The number of carbonyl (C=O) groups is 3. The molecule has 0 spiro atoms. The summed E-state index contributed by atoms with van der Waals surface area (Å²) in [7, 11) is 3.94. The van der Waals surface area contributed by atoms with Crippen LogP contribution in [0, 0.1) is 30.6 Å². The minimum absolute atomic E-state index is 0. The standard InChI is InChI=1S/C16H35NO.C12H24N2O4.C9H19N2O3P.C3H7NO3.2C3H7.2CH4.Ni/c1-14(2,3)11-10-13(17-15(4,5)6)12-18-16(7,8)9;1-12(2,3)14-9(7-15)8-18-11(17)6-5-10(16)13-4;1-8(2)11-9(6-12)7-14-15-13-5-3-4-10;4-2(1-5)3(6)7;2*1-3-2;;;/h13,17H,10-12H2,1-9H3;9,14-15H,5-8H2,1-4H3,(H,13,16);8-9,11-12,15H,3,5-7H2,1-2H3;2,5H,1,4H2,(H,6,7);2*1,3H2,2H3;2*1H4;/q;;;;2*-1;;;+2/t13-;2*9-;2-;;;;;/m1000...../s1/i;15D;12D;;;;2*1T;. The Morgan fingerprint density at radius 2 is 1.31 bits per heavy atom. The first-order valence-electron chi connectivity index (χ1n) is 25.1. The molecule has 1 amide bonds. The summed E-state index contributed by atoms with van der Waals surface area (Å²) < 4.78 is 46.3. The molecule has 67 heavy (non-hydrogen) atoms. The quantitative estimate of drug-likeness (QED) is 0.0145. The predicted molar refractivity (Wildman–Crippen MR) is 276 cm³/mol. The first kappa shape index (κ1) is 74.4. The Labute approximate surface area is 429 Å². The molecule has 0 radical (unpaired) electrons. The van der Waals surface area contributed by atoms with E-state index in [0.717, 1.165) is 25.9 Å². The number of carboxylic acid groups (broad SMARTS) is 1. The molecule has 0 bridgehead atoms. The molecule has 0 aromatic heterocycles. The van der Waals surface area contributed by atoms with Gasteiger partial charge in [-0.15, -0.1) is 0 Å². The largest absolute Gasteiger partial charge is 2.00 e. The van der Waals surface area contributed by atoms with Crippen molar-refractivity contribution in [1.29, 1.82) is 8.12 Å². The molecule has 0 saturated carbocycles. The van der Waals surface area contributed by atoms with Gasteiger partial charge in [0.15, 0.2) is 9.03 Å². The molecule has 0 aliphatic heterocycles. The number of hydrogen-bond donors (Lipinski definition) is 9. The van der Waals surface area contributed by atoms with E-state index < -0.39 is 24.6 Å². The third-order valence-electron chi connectivity index (χ3n) is 6.72. The number of aliphatic hydroxyl groups excluding tert-OH is 3. The van der Waals surface area contributed by atoms with E-state index in [0.29, 0.717) is 37.1 Å². The minimum atomic E-state index is -1.18. The van der Waals surface area contributed by atoms with Crippen LogP contribution < -0.4 is 27.0 Å². The molecule has 410 valence electrons. The van der Waals surface area contributed by atoms with Crippen LogP contribution in [0.5, 0.6) is 0 Å². The zero-order valence-electron chi connectivity index (χ0n) is 49.6. The number of rotatable bonds is 25. The SMILES string of the molecule is CC(C)(C)CC[C@H](COC(C)(C)C)NC(C)(C)C.N[C@@H](CO)C(=O)O.[2H]OC[C@@H](COC(=O)CCC(=O)NC)NC(C)(C)C.[2H]OC[C@@H](COPOCCC#N)NC(C)C.[3H]C.[3H]C.[CH2-]CC.[CH2-]CC.[Ni+2]. The molecule has 0 aromatic rings. The van der Waals surface area contributed by atoms with E-state index in [4.69, 9.17) is 45.3 Å². The Hall–Kier alpha value is -1.58. The maximum atomic E-state index is 11.4. The van der Waals surface area contributed by atoms with Crippen LogP contribution in [-0.4, -0.2) is 141 Å². The summed E-state index contributed by atoms with van der Waals surface area (Å²) in [6.45, 7) is 42.5.